The molecular formula is C42H34O11. The van der Waals surface area contributed by atoms with Gasteiger partial charge in [-0.05, 0) is 60.7 Å². The van der Waals surface area contributed by atoms with Crippen molar-refractivity contribution in [3.05, 3.63) is 179 Å². The molecule has 0 radical (unpaired) electrons. The normalized spacial score (nSPS) is 18.2. The molecule has 1 aliphatic heterocycles. The minimum atomic E-state index is -1.58. The van der Waals surface area contributed by atoms with Crippen molar-refractivity contribution in [1.29, 1.82) is 0 Å². The Morgan fingerprint density at radius 3 is 1.25 bits per heavy atom. The molecule has 1 heterocycles. The van der Waals surface area contributed by atoms with Gasteiger partial charge in [-0.25, -0.2) is 24.0 Å². The van der Waals surface area contributed by atoms with Crippen LogP contribution in [-0.4, -0.2) is 67.2 Å². The quantitative estimate of drug-likeness (QED) is 0.0976. The molecule has 5 aromatic carbocycles. The number of esters is 5. The zero-order valence-corrected chi connectivity index (χ0v) is 28.2. The van der Waals surface area contributed by atoms with Crippen LogP contribution in [0.15, 0.2) is 152 Å². The molecule has 1 fully saturated rings. The lowest BCUT2D eigenvalue weighted by atomic mass is 10.0. The smallest absolute Gasteiger partial charge is 0.340 e. The summed E-state index contributed by atoms with van der Waals surface area (Å²) in [5, 5.41) is 0. The van der Waals surface area contributed by atoms with Gasteiger partial charge in [-0.2, -0.15) is 0 Å². The lowest BCUT2D eigenvalue weighted by molar-refractivity contribution is -0.141. The van der Waals surface area contributed by atoms with Crippen molar-refractivity contribution in [2.24, 2.45) is 0 Å². The zero-order chi connectivity index (χ0) is 37.0. The van der Waals surface area contributed by atoms with Crippen molar-refractivity contribution in [1.82, 2.24) is 0 Å². The summed E-state index contributed by atoms with van der Waals surface area (Å²) >= 11 is 0. The summed E-state index contributed by atoms with van der Waals surface area (Å²) in [5.41, 5.74) is 1.06. The van der Waals surface area contributed by atoms with E-state index in [1.807, 2.05) is 0 Å². The minimum Gasteiger partial charge on any atom is -0.458 e. The minimum absolute atomic E-state index is 0.180. The van der Waals surface area contributed by atoms with Gasteiger partial charge in [0.25, 0.3) is 0 Å². The third-order valence-corrected chi connectivity index (χ3v) is 8.19. The summed E-state index contributed by atoms with van der Waals surface area (Å²) in [4.78, 5) is 66.6. The molecule has 11 heteroatoms. The molecule has 0 amide bonds. The van der Waals surface area contributed by atoms with Crippen LogP contribution < -0.4 is 0 Å². The molecular weight excluding hydrogens is 680 g/mol. The van der Waals surface area contributed by atoms with E-state index in [1.54, 1.807) is 127 Å². The van der Waals surface area contributed by atoms with Crippen LogP contribution in [0.4, 0.5) is 0 Å². The second-order valence-corrected chi connectivity index (χ2v) is 11.9. The summed E-state index contributed by atoms with van der Waals surface area (Å²) in [5.74, 6) is -3.77. The first kappa shape index (κ1) is 36.2. The fourth-order valence-corrected chi connectivity index (χ4v) is 5.55. The molecule has 5 unspecified atom stereocenters. The number of hydrogen-bond donors (Lipinski definition) is 0. The summed E-state index contributed by atoms with van der Waals surface area (Å²) in [7, 11) is 0. The number of carbonyl (C=O) groups is 5. The summed E-state index contributed by atoms with van der Waals surface area (Å²) in [6.07, 6.45) is -7.09. The third-order valence-electron chi connectivity index (χ3n) is 8.19. The van der Waals surface area contributed by atoms with Crippen LogP contribution in [-0.2, 0) is 28.4 Å². The van der Waals surface area contributed by atoms with Gasteiger partial charge in [0.1, 0.15) is 18.8 Å². The fraction of sp³-hybridized carbons (Fsp3) is 0.167. The maximum atomic E-state index is 13.5. The van der Waals surface area contributed by atoms with E-state index in [9.17, 15) is 24.0 Å². The topological polar surface area (TPSA) is 141 Å². The van der Waals surface area contributed by atoms with Crippen LogP contribution in [0.5, 0.6) is 0 Å². The summed E-state index contributed by atoms with van der Waals surface area (Å²) < 4.78 is 35.3. The van der Waals surface area contributed by atoms with Gasteiger partial charge in [0.2, 0.25) is 12.4 Å². The first-order valence-corrected chi connectivity index (χ1v) is 16.8. The van der Waals surface area contributed by atoms with Gasteiger partial charge in [0, 0.05) is 6.42 Å². The molecule has 0 N–H and O–H groups in total. The van der Waals surface area contributed by atoms with Crippen LogP contribution in [0.1, 0.15) is 58.2 Å². The maximum absolute atomic E-state index is 13.5. The molecule has 0 aliphatic carbocycles. The van der Waals surface area contributed by atoms with Crippen LogP contribution in [0.25, 0.3) is 0 Å². The van der Waals surface area contributed by atoms with E-state index in [-0.39, 0.29) is 34.2 Å². The van der Waals surface area contributed by atoms with Crippen molar-refractivity contribution < 1.29 is 52.4 Å². The Morgan fingerprint density at radius 2 is 0.811 bits per heavy atom. The number of rotatable bonds is 13. The molecule has 268 valence electrons. The number of hydrogen-bond acceptors (Lipinski definition) is 11. The van der Waals surface area contributed by atoms with E-state index < -0.39 is 67.2 Å². The predicted molar refractivity (Wildman–Crippen MR) is 189 cm³/mol. The highest BCUT2D eigenvalue weighted by Gasteiger charge is 2.53. The van der Waals surface area contributed by atoms with Crippen molar-refractivity contribution in [3.63, 3.8) is 0 Å². The van der Waals surface area contributed by atoms with E-state index in [0.717, 1.165) is 0 Å². The largest absolute Gasteiger partial charge is 0.458 e. The number of carbonyl (C=O) groups excluding carboxylic acids is 5. The molecule has 11 nitrogen and oxygen atoms in total. The van der Waals surface area contributed by atoms with Crippen molar-refractivity contribution >= 4 is 29.8 Å². The first-order valence-electron chi connectivity index (χ1n) is 16.8. The van der Waals surface area contributed by atoms with Crippen molar-refractivity contribution in [2.45, 2.75) is 37.1 Å². The molecule has 5 atom stereocenters. The number of ether oxygens (including phenoxy) is 6. The van der Waals surface area contributed by atoms with Gasteiger partial charge in [-0.15, -0.1) is 0 Å². The Hall–Kier alpha value is -6.59. The molecule has 6 rings (SSSR count). The lowest BCUT2D eigenvalue weighted by Gasteiger charge is -2.26. The average Bonchev–Trinajstić information content (AvgIpc) is 3.51. The molecule has 0 spiro atoms. The third kappa shape index (κ3) is 9.60. The second kappa shape index (κ2) is 17.6. The predicted octanol–water partition coefficient (Wildman–Crippen LogP) is 6.49. The molecule has 53 heavy (non-hydrogen) atoms. The van der Waals surface area contributed by atoms with Gasteiger partial charge >= 0.3 is 29.8 Å². The highest BCUT2D eigenvalue weighted by atomic mass is 16.7. The van der Waals surface area contributed by atoms with E-state index in [1.165, 1.54) is 24.3 Å². The van der Waals surface area contributed by atoms with Gasteiger partial charge in [-0.3, -0.25) is 0 Å². The molecule has 0 saturated carbocycles. The molecule has 1 aliphatic rings. The van der Waals surface area contributed by atoms with Crippen LogP contribution in [0.3, 0.4) is 0 Å². The zero-order valence-electron chi connectivity index (χ0n) is 28.2. The summed E-state index contributed by atoms with van der Waals surface area (Å²) in [6, 6.07) is 40.7. The van der Waals surface area contributed by atoms with Gasteiger partial charge in [-0.1, -0.05) is 91.0 Å². The number of benzene rings is 5. The Morgan fingerprint density at radius 1 is 0.453 bits per heavy atom. The Kier molecular flexibility index (Phi) is 12.0. The second-order valence-electron chi connectivity index (χ2n) is 11.9. The van der Waals surface area contributed by atoms with E-state index in [0.29, 0.717) is 0 Å². The maximum Gasteiger partial charge on any atom is 0.340 e. The SMILES string of the molecule is O=C(OCC(CC1OC(OC(=O)c2ccccc2)C(OC(=O)c2ccccc2)C1OC(=O)c1ccccc1)OC(=O)c1ccccc1)c1ccccc1. The summed E-state index contributed by atoms with van der Waals surface area (Å²) in [6.45, 7) is -0.422. The Labute approximate surface area is 305 Å². The monoisotopic (exact) mass is 714 g/mol. The van der Waals surface area contributed by atoms with Crippen molar-refractivity contribution in [2.75, 3.05) is 6.61 Å². The average molecular weight is 715 g/mol. The van der Waals surface area contributed by atoms with E-state index in [4.69, 9.17) is 28.4 Å². The van der Waals surface area contributed by atoms with Gasteiger partial charge < -0.3 is 28.4 Å². The Balaban J connectivity index is 1.33. The van der Waals surface area contributed by atoms with Gasteiger partial charge in [0.05, 0.1) is 27.8 Å². The standard InChI is InChI=1S/C42H34O11/c43-37(28-16-6-1-7-17-28)48-27-33(49-38(44)29-18-8-2-9-19-29)26-34-35(51-39(45)30-20-10-3-11-21-30)36(52-40(46)31-22-12-4-13-23-31)42(50-34)53-41(47)32-24-14-5-15-25-32/h1-25,33-36,42H,26-27H2. The van der Waals surface area contributed by atoms with Gasteiger partial charge in [0.15, 0.2) is 6.10 Å². The molecule has 5 aromatic rings. The van der Waals surface area contributed by atoms with Crippen LogP contribution >= 0.6 is 0 Å². The lowest BCUT2D eigenvalue weighted by Crippen LogP contribution is -2.43. The highest BCUT2D eigenvalue weighted by molar-refractivity contribution is 5.92. The van der Waals surface area contributed by atoms with Crippen LogP contribution in [0, 0.1) is 0 Å². The van der Waals surface area contributed by atoms with Crippen LogP contribution in [0.2, 0.25) is 0 Å². The van der Waals surface area contributed by atoms with E-state index in [2.05, 4.69) is 0 Å². The first-order chi connectivity index (χ1) is 25.9. The molecule has 0 aromatic heterocycles. The molecule has 1 saturated heterocycles. The Bertz CT molecular complexity index is 1990. The fourth-order valence-electron chi connectivity index (χ4n) is 5.55. The van der Waals surface area contributed by atoms with Crippen molar-refractivity contribution in [3.8, 4) is 0 Å². The molecule has 0 bridgehead atoms. The van der Waals surface area contributed by atoms with E-state index >= 15 is 0 Å². The highest BCUT2D eigenvalue weighted by Crippen LogP contribution is 2.33.